The van der Waals surface area contributed by atoms with Gasteiger partial charge in [0.25, 0.3) is 5.91 Å². The number of allylic oxidation sites excluding steroid dienone is 1. The van der Waals surface area contributed by atoms with Crippen LogP contribution >= 0.6 is 12.4 Å². The van der Waals surface area contributed by atoms with Gasteiger partial charge >= 0.3 is 0 Å². The number of hydrogen-bond acceptors (Lipinski definition) is 4. The van der Waals surface area contributed by atoms with E-state index in [1.54, 1.807) is 6.08 Å². The van der Waals surface area contributed by atoms with Crippen LogP contribution in [0.1, 0.15) is 50.1 Å². The predicted molar refractivity (Wildman–Crippen MR) is 149 cm³/mol. The summed E-state index contributed by atoms with van der Waals surface area (Å²) in [6.45, 7) is 13.7. The molecule has 1 unspecified atom stereocenters. The third-order valence-corrected chi connectivity index (χ3v) is 8.36. The summed E-state index contributed by atoms with van der Waals surface area (Å²) in [5.41, 5.74) is 12.3. The number of amides is 1. The molecule has 0 bridgehead atoms. The molecular formula is C27H39ClN4O2Si. The summed E-state index contributed by atoms with van der Waals surface area (Å²) in [5, 5.41) is 10.6. The van der Waals surface area contributed by atoms with Crippen molar-refractivity contribution in [1.29, 1.82) is 0 Å². The second-order valence-corrected chi connectivity index (χ2v) is 16.5. The van der Waals surface area contributed by atoms with Gasteiger partial charge in [-0.25, -0.2) is 0 Å². The standard InChI is InChI=1S/C27H38N4O2Si.ClH/c1-6-22-24(26(31-30-22)17(2)33-15-16-34(3,4)5)20-11-13-21(14-12-20)29-27(32)25(28)23(18-7-8-18)19-9-10-19;/h6,11-14,17-19H,1,7-10,15-16,28H2,2-5H3,(H,29,32)(H,30,31);1H. The van der Waals surface area contributed by atoms with Gasteiger partial charge in [0.1, 0.15) is 0 Å². The Hall–Kier alpha value is -2.35. The minimum atomic E-state index is -1.16. The van der Waals surface area contributed by atoms with E-state index in [2.05, 4.69) is 41.7 Å². The van der Waals surface area contributed by atoms with Crippen LogP contribution in [0.4, 0.5) is 5.69 Å². The monoisotopic (exact) mass is 514 g/mol. The number of carbonyl (C=O) groups is 1. The van der Waals surface area contributed by atoms with E-state index in [1.165, 1.54) is 5.57 Å². The summed E-state index contributed by atoms with van der Waals surface area (Å²) >= 11 is 0. The zero-order valence-electron chi connectivity index (χ0n) is 21.3. The van der Waals surface area contributed by atoms with Gasteiger partial charge in [-0.2, -0.15) is 5.10 Å². The van der Waals surface area contributed by atoms with Gasteiger partial charge < -0.3 is 15.8 Å². The molecule has 1 aromatic heterocycles. The molecule has 4 N–H and O–H groups in total. The van der Waals surface area contributed by atoms with Crippen molar-refractivity contribution in [3.8, 4) is 11.1 Å². The first kappa shape index (κ1) is 27.2. The molecular weight excluding hydrogens is 476 g/mol. The number of nitrogens with two attached hydrogens (primary N) is 1. The number of ether oxygens (including phenoxy) is 1. The Kier molecular flexibility index (Phi) is 8.67. The van der Waals surface area contributed by atoms with Crippen LogP contribution < -0.4 is 11.1 Å². The summed E-state index contributed by atoms with van der Waals surface area (Å²) in [6.07, 6.45) is 6.28. The number of anilines is 1. The van der Waals surface area contributed by atoms with Crippen molar-refractivity contribution in [3.63, 3.8) is 0 Å². The van der Waals surface area contributed by atoms with Crippen LogP contribution in [-0.2, 0) is 9.53 Å². The second-order valence-electron chi connectivity index (χ2n) is 10.9. The Labute approximate surface area is 216 Å². The minimum Gasteiger partial charge on any atom is -0.394 e. The van der Waals surface area contributed by atoms with Crippen LogP contribution in [0.3, 0.4) is 0 Å². The molecule has 0 aliphatic heterocycles. The van der Waals surface area contributed by atoms with Crippen molar-refractivity contribution in [3.05, 3.63) is 53.5 Å². The molecule has 4 rings (SSSR count). The van der Waals surface area contributed by atoms with Gasteiger partial charge in [0, 0.05) is 25.9 Å². The molecule has 2 fully saturated rings. The van der Waals surface area contributed by atoms with E-state index in [4.69, 9.17) is 10.5 Å². The average Bonchev–Trinajstić information content (AvgIpc) is 3.73. The topological polar surface area (TPSA) is 93.0 Å². The first-order valence-corrected chi connectivity index (χ1v) is 16.1. The number of aromatic amines is 1. The lowest BCUT2D eigenvalue weighted by Gasteiger charge is -2.18. The van der Waals surface area contributed by atoms with Crippen LogP contribution in [0, 0.1) is 11.8 Å². The minimum absolute atomic E-state index is 0. The highest BCUT2D eigenvalue weighted by Gasteiger charge is 2.39. The molecule has 1 amide bonds. The highest BCUT2D eigenvalue weighted by atomic mass is 35.5. The van der Waals surface area contributed by atoms with E-state index in [-0.39, 0.29) is 24.4 Å². The number of nitrogens with zero attached hydrogens (tertiary/aromatic N) is 1. The number of benzene rings is 1. The lowest BCUT2D eigenvalue weighted by atomic mass is 10.00. The molecule has 1 atom stereocenters. The molecule has 190 valence electrons. The van der Waals surface area contributed by atoms with Gasteiger partial charge in [-0.3, -0.25) is 9.89 Å². The molecule has 2 aliphatic carbocycles. The number of rotatable bonds is 11. The van der Waals surface area contributed by atoms with Gasteiger partial charge in [-0.05, 0) is 79.8 Å². The summed E-state index contributed by atoms with van der Waals surface area (Å²) < 4.78 is 6.14. The van der Waals surface area contributed by atoms with Gasteiger partial charge in [-0.1, -0.05) is 38.4 Å². The molecule has 1 aromatic carbocycles. The number of aromatic nitrogens is 2. The molecule has 0 spiro atoms. The fourth-order valence-corrected chi connectivity index (χ4v) is 5.08. The third kappa shape index (κ3) is 6.87. The van der Waals surface area contributed by atoms with E-state index in [1.807, 2.05) is 31.2 Å². The van der Waals surface area contributed by atoms with Crippen molar-refractivity contribution in [2.24, 2.45) is 17.6 Å². The lowest BCUT2D eigenvalue weighted by molar-refractivity contribution is -0.113. The Morgan fingerprint density at radius 1 is 1.23 bits per heavy atom. The van der Waals surface area contributed by atoms with E-state index < -0.39 is 8.07 Å². The van der Waals surface area contributed by atoms with Crippen LogP contribution in [0.2, 0.25) is 25.7 Å². The highest BCUT2D eigenvalue weighted by Crippen LogP contribution is 2.49. The van der Waals surface area contributed by atoms with Crippen LogP contribution in [0.25, 0.3) is 17.2 Å². The van der Waals surface area contributed by atoms with E-state index in [9.17, 15) is 4.79 Å². The zero-order valence-corrected chi connectivity index (χ0v) is 23.1. The largest absolute Gasteiger partial charge is 0.394 e. The quantitative estimate of drug-likeness (QED) is 0.235. The Balaban J connectivity index is 0.00000342. The van der Waals surface area contributed by atoms with Crippen LogP contribution in [-0.4, -0.2) is 30.8 Å². The van der Waals surface area contributed by atoms with Crippen LogP contribution in [0.15, 0.2) is 42.1 Å². The van der Waals surface area contributed by atoms with E-state index >= 15 is 0 Å². The molecule has 2 saturated carbocycles. The van der Waals surface area contributed by atoms with E-state index in [0.717, 1.165) is 66.5 Å². The fraction of sp³-hybridized carbons (Fsp3) is 0.481. The third-order valence-electron chi connectivity index (χ3n) is 6.65. The average molecular weight is 515 g/mol. The molecule has 2 aromatic rings. The maximum Gasteiger partial charge on any atom is 0.271 e. The molecule has 1 heterocycles. The number of nitrogens with one attached hydrogen (secondary N) is 2. The Morgan fingerprint density at radius 3 is 2.34 bits per heavy atom. The SMILES string of the molecule is C=Cc1[nH]nc(C(C)OCC[Si](C)(C)C)c1-c1ccc(NC(=O)C(N)=C(C2CC2)C2CC2)cc1.Cl. The lowest BCUT2D eigenvalue weighted by Crippen LogP contribution is -2.23. The first-order chi connectivity index (χ1) is 16.2. The smallest absolute Gasteiger partial charge is 0.271 e. The van der Waals surface area contributed by atoms with Gasteiger partial charge in [0.2, 0.25) is 0 Å². The highest BCUT2D eigenvalue weighted by molar-refractivity contribution is 6.76. The van der Waals surface area contributed by atoms with E-state index in [0.29, 0.717) is 17.5 Å². The first-order valence-electron chi connectivity index (χ1n) is 12.4. The predicted octanol–water partition coefficient (Wildman–Crippen LogP) is 6.53. The maximum absolute atomic E-state index is 12.8. The van der Waals surface area contributed by atoms with Crippen molar-refractivity contribution in [2.75, 3.05) is 11.9 Å². The van der Waals surface area contributed by atoms with Crippen molar-refractivity contribution in [1.82, 2.24) is 10.2 Å². The molecule has 2 aliphatic rings. The summed E-state index contributed by atoms with van der Waals surface area (Å²) in [6, 6.07) is 8.92. The molecule has 35 heavy (non-hydrogen) atoms. The molecule has 6 nitrogen and oxygen atoms in total. The van der Waals surface area contributed by atoms with Gasteiger partial charge in [-0.15, -0.1) is 12.4 Å². The summed E-state index contributed by atoms with van der Waals surface area (Å²) in [4.78, 5) is 12.8. The Bertz CT molecular complexity index is 1070. The number of halogens is 1. The van der Waals surface area contributed by atoms with Crippen molar-refractivity contribution >= 4 is 38.2 Å². The van der Waals surface area contributed by atoms with Gasteiger partial charge in [0.15, 0.2) is 0 Å². The normalized spacial score (nSPS) is 16.2. The number of H-pyrrole nitrogens is 1. The fourth-order valence-electron chi connectivity index (χ4n) is 4.35. The zero-order chi connectivity index (χ0) is 24.5. The van der Waals surface area contributed by atoms with Crippen LogP contribution in [0.5, 0.6) is 0 Å². The number of carbonyl (C=O) groups excluding carboxylic acids is 1. The molecule has 0 saturated heterocycles. The molecule has 0 radical (unpaired) electrons. The number of hydrogen-bond donors (Lipinski definition) is 3. The Morgan fingerprint density at radius 2 is 1.83 bits per heavy atom. The molecule has 8 heteroatoms. The van der Waals surface area contributed by atoms with Crippen molar-refractivity contribution in [2.45, 2.75) is 64.4 Å². The van der Waals surface area contributed by atoms with Gasteiger partial charge in [0.05, 0.1) is 23.2 Å². The van der Waals surface area contributed by atoms with Crippen molar-refractivity contribution < 1.29 is 9.53 Å². The second kappa shape index (κ2) is 11.1. The summed E-state index contributed by atoms with van der Waals surface area (Å²) in [7, 11) is -1.16. The summed E-state index contributed by atoms with van der Waals surface area (Å²) in [5.74, 6) is 0.849. The maximum atomic E-state index is 12.8.